The molecule has 2 atom stereocenters. The van der Waals surface area contributed by atoms with Crippen LogP contribution in [0.4, 0.5) is 0 Å². The summed E-state index contributed by atoms with van der Waals surface area (Å²) in [7, 11) is 5.89. The summed E-state index contributed by atoms with van der Waals surface area (Å²) >= 11 is 0. The highest BCUT2D eigenvalue weighted by Crippen LogP contribution is 2.15. The zero-order valence-corrected chi connectivity index (χ0v) is 40.9. The SMILES string of the molecule is CC/C=C\C/C=C\C/C=C\C/C=C\C/C=C\C/C=C\CCC(=O)OC(COC(=O)CCCCCCCCCCCCCCCCCCCCC)COC(OCC[N+](C)(C)C)C(=O)[O-]. The molecular formula is C54H93NO8. The number of hydrogen-bond acceptors (Lipinski definition) is 8. The maximum atomic E-state index is 12.8. The number of carboxylic acid groups (broad SMARTS) is 1. The number of rotatable bonds is 45. The van der Waals surface area contributed by atoms with Crippen molar-refractivity contribution in [3.63, 3.8) is 0 Å². The first-order valence-corrected chi connectivity index (χ1v) is 25.1. The van der Waals surface area contributed by atoms with Crippen LogP contribution in [-0.4, -0.2) is 82.3 Å². The number of allylic oxidation sites excluding steroid dienone is 12. The van der Waals surface area contributed by atoms with E-state index >= 15 is 0 Å². The number of likely N-dealkylation sites (N-methyl/N-ethyl adjacent to an activating group) is 1. The Kier molecular flexibility index (Phi) is 43.0. The van der Waals surface area contributed by atoms with E-state index in [-0.39, 0.29) is 38.6 Å². The van der Waals surface area contributed by atoms with Gasteiger partial charge in [0.15, 0.2) is 12.4 Å². The third kappa shape index (κ3) is 46.5. The molecule has 9 heteroatoms. The Morgan fingerprint density at radius 3 is 1.32 bits per heavy atom. The van der Waals surface area contributed by atoms with Crippen molar-refractivity contribution in [1.82, 2.24) is 0 Å². The van der Waals surface area contributed by atoms with E-state index in [1.54, 1.807) is 0 Å². The van der Waals surface area contributed by atoms with Gasteiger partial charge in [0, 0.05) is 12.8 Å². The molecule has 0 aromatic heterocycles. The number of aliphatic carboxylic acids is 1. The van der Waals surface area contributed by atoms with Crippen LogP contribution in [0.3, 0.4) is 0 Å². The lowest BCUT2D eigenvalue weighted by atomic mass is 10.0. The lowest BCUT2D eigenvalue weighted by molar-refractivity contribution is -0.870. The zero-order chi connectivity index (χ0) is 46.3. The van der Waals surface area contributed by atoms with Crippen molar-refractivity contribution in [2.75, 3.05) is 47.5 Å². The second-order valence-electron chi connectivity index (χ2n) is 17.7. The van der Waals surface area contributed by atoms with Gasteiger partial charge >= 0.3 is 11.9 Å². The summed E-state index contributed by atoms with van der Waals surface area (Å²) in [6.07, 6.45) is 53.8. The maximum Gasteiger partial charge on any atom is 0.306 e. The summed E-state index contributed by atoms with van der Waals surface area (Å²) in [6, 6.07) is 0. The molecule has 0 saturated heterocycles. The molecule has 0 radical (unpaired) electrons. The van der Waals surface area contributed by atoms with Crippen molar-refractivity contribution in [3.05, 3.63) is 72.9 Å². The van der Waals surface area contributed by atoms with E-state index in [1.165, 1.54) is 103 Å². The molecule has 0 fully saturated rings. The van der Waals surface area contributed by atoms with Crippen molar-refractivity contribution >= 4 is 17.9 Å². The maximum absolute atomic E-state index is 12.8. The molecule has 0 amide bonds. The molecule has 0 aromatic rings. The van der Waals surface area contributed by atoms with Crippen LogP contribution in [0.1, 0.15) is 194 Å². The second kappa shape index (κ2) is 45.3. The van der Waals surface area contributed by atoms with Gasteiger partial charge in [0.2, 0.25) is 0 Å². The highest BCUT2D eigenvalue weighted by molar-refractivity contribution is 5.70. The molecule has 63 heavy (non-hydrogen) atoms. The van der Waals surface area contributed by atoms with Crippen molar-refractivity contribution in [3.8, 4) is 0 Å². The topological polar surface area (TPSA) is 111 Å². The third-order valence-electron chi connectivity index (χ3n) is 10.5. The number of ether oxygens (including phenoxy) is 4. The minimum Gasteiger partial charge on any atom is -0.545 e. The average molecular weight is 884 g/mol. The first-order valence-electron chi connectivity index (χ1n) is 25.1. The predicted octanol–water partition coefficient (Wildman–Crippen LogP) is 12.6. The van der Waals surface area contributed by atoms with Crippen molar-refractivity contribution < 1.29 is 42.9 Å². The lowest BCUT2D eigenvalue weighted by Crippen LogP contribution is -2.44. The molecule has 0 aliphatic rings. The van der Waals surface area contributed by atoms with Gasteiger partial charge in [-0.25, -0.2) is 0 Å². The quantitative estimate of drug-likeness (QED) is 0.0195. The monoisotopic (exact) mass is 884 g/mol. The largest absolute Gasteiger partial charge is 0.545 e. The van der Waals surface area contributed by atoms with Crippen molar-refractivity contribution in [2.45, 2.75) is 206 Å². The molecule has 0 rings (SSSR count). The van der Waals surface area contributed by atoms with Gasteiger partial charge in [-0.1, -0.05) is 202 Å². The number of nitrogens with zero attached hydrogens (tertiary/aromatic N) is 1. The average Bonchev–Trinajstić information content (AvgIpc) is 3.24. The van der Waals surface area contributed by atoms with Crippen LogP contribution in [-0.2, 0) is 33.3 Å². The first-order chi connectivity index (χ1) is 30.6. The van der Waals surface area contributed by atoms with E-state index in [0.29, 0.717) is 17.4 Å². The van der Waals surface area contributed by atoms with E-state index in [2.05, 4.69) is 74.6 Å². The van der Waals surface area contributed by atoms with Gasteiger partial charge < -0.3 is 33.3 Å². The van der Waals surface area contributed by atoms with Crippen LogP contribution >= 0.6 is 0 Å². The summed E-state index contributed by atoms with van der Waals surface area (Å²) in [5.41, 5.74) is 0. The van der Waals surface area contributed by atoms with Crippen molar-refractivity contribution in [2.24, 2.45) is 0 Å². The molecule has 0 N–H and O–H groups in total. The normalized spacial score (nSPS) is 13.5. The molecule has 0 saturated carbocycles. The van der Waals surface area contributed by atoms with Crippen LogP contribution in [0.2, 0.25) is 0 Å². The number of carbonyl (C=O) groups excluding carboxylic acids is 3. The van der Waals surface area contributed by atoms with Gasteiger partial charge in [-0.15, -0.1) is 0 Å². The van der Waals surface area contributed by atoms with E-state index in [9.17, 15) is 19.5 Å². The fourth-order valence-electron chi connectivity index (χ4n) is 6.62. The van der Waals surface area contributed by atoms with Gasteiger partial charge in [-0.3, -0.25) is 9.59 Å². The Morgan fingerprint density at radius 1 is 0.492 bits per heavy atom. The fraction of sp³-hybridized carbons (Fsp3) is 0.722. The summed E-state index contributed by atoms with van der Waals surface area (Å²) in [6.45, 7) is 4.55. The lowest BCUT2D eigenvalue weighted by Gasteiger charge is -2.26. The molecule has 0 heterocycles. The summed E-state index contributed by atoms with van der Waals surface area (Å²) < 4.78 is 22.5. The molecule has 2 unspecified atom stereocenters. The molecule has 0 bridgehead atoms. The summed E-state index contributed by atoms with van der Waals surface area (Å²) in [4.78, 5) is 37.1. The van der Waals surface area contributed by atoms with Gasteiger partial charge in [-0.2, -0.15) is 0 Å². The highest BCUT2D eigenvalue weighted by atomic mass is 16.7. The number of hydrogen-bond donors (Lipinski definition) is 0. The van der Waals surface area contributed by atoms with Gasteiger partial charge in [0.1, 0.15) is 13.2 Å². The Bertz CT molecular complexity index is 1260. The summed E-state index contributed by atoms with van der Waals surface area (Å²) in [5, 5.41) is 11.7. The van der Waals surface area contributed by atoms with Crippen molar-refractivity contribution in [1.29, 1.82) is 0 Å². The first kappa shape index (κ1) is 59.7. The number of unbranched alkanes of at least 4 members (excludes halogenated alkanes) is 18. The Hall–Kier alpha value is -3.27. The molecule has 0 aliphatic heterocycles. The number of esters is 2. The highest BCUT2D eigenvalue weighted by Gasteiger charge is 2.21. The predicted molar refractivity (Wildman–Crippen MR) is 260 cm³/mol. The van der Waals surface area contributed by atoms with Crippen LogP contribution < -0.4 is 5.11 Å². The van der Waals surface area contributed by atoms with Crippen LogP contribution in [0.15, 0.2) is 72.9 Å². The Balaban J connectivity index is 4.47. The molecule has 362 valence electrons. The van der Waals surface area contributed by atoms with E-state index < -0.39 is 24.3 Å². The standard InChI is InChI=1S/C54H93NO8/c1-6-8-10-12-14-16-18-20-22-24-26-28-30-32-34-36-38-40-42-44-51(56)61-48-50(49-62-54(53(58)59)60-47-46-55(3,4)5)63-52(57)45-43-41-39-37-35-33-31-29-27-25-23-21-19-17-15-13-11-9-7-2/h9,11,15,17,21,23,27,29,33,35,39,41,50,54H,6-8,10,12-14,16,18-20,22,24-26,28,30-32,34,36-38,40,42-49H2,1-5H3/b11-9-,17-15-,23-21-,29-27-,35-33-,41-39-. The number of quaternary nitrogens is 1. The van der Waals surface area contributed by atoms with Gasteiger partial charge in [0.05, 0.1) is 40.3 Å². The minimum absolute atomic E-state index is 0.121. The van der Waals surface area contributed by atoms with E-state index in [1.807, 2.05) is 33.3 Å². The van der Waals surface area contributed by atoms with Gasteiger partial charge in [-0.05, 0) is 51.4 Å². The number of carbonyl (C=O) groups is 3. The minimum atomic E-state index is -1.64. The van der Waals surface area contributed by atoms with Crippen LogP contribution in [0.25, 0.3) is 0 Å². The van der Waals surface area contributed by atoms with Crippen LogP contribution in [0, 0.1) is 0 Å². The summed E-state index contributed by atoms with van der Waals surface area (Å²) in [5.74, 6) is -2.40. The molecule has 0 spiro atoms. The van der Waals surface area contributed by atoms with Gasteiger partial charge in [0.25, 0.3) is 0 Å². The zero-order valence-electron chi connectivity index (χ0n) is 40.9. The van der Waals surface area contributed by atoms with E-state index in [4.69, 9.17) is 18.9 Å². The smallest absolute Gasteiger partial charge is 0.306 e. The molecule has 9 nitrogen and oxygen atoms in total. The van der Waals surface area contributed by atoms with E-state index in [0.717, 1.165) is 57.8 Å². The fourth-order valence-corrected chi connectivity index (χ4v) is 6.62. The number of carboxylic acids is 1. The molecule has 0 aliphatic carbocycles. The Morgan fingerprint density at radius 2 is 0.905 bits per heavy atom. The molecule has 0 aromatic carbocycles. The van der Waals surface area contributed by atoms with Crippen LogP contribution in [0.5, 0.6) is 0 Å². The Labute approximate surface area is 386 Å². The second-order valence-corrected chi connectivity index (χ2v) is 17.7. The molecular weight excluding hydrogens is 791 g/mol. The third-order valence-corrected chi connectivity index (χ3v) is 10.5.